The molecule has 0 aliphatic heterocycles. The van der Waals surface area contributed by atoms with Gasteiger partial charge in [-0.05, 0) is 70.6 Å². The molecule has 0 spiro atoms. The number of hydrogen-bond acceptors (Lipinski definition) is 6. The largest absolute Gasteiger partial charge is 0.462 e. The van der Waals surface area contributed by atoms with Crippen LogP contribution < -0.4 is 0 Å². The third kappa shape index (κ3) is 63.7. The average molecular weight is 1090 g/mol. The van der Waals surface area contributed by atoms with Gasteiger partial charge in [-0.2, -0.15) is 0 Å². The minimum Gasteiger partial charge on any atom is -0.462 e. The van der Waals surface area contributed by atoms with Crippen molar-refractivity contribution < 1.29 is 28.6 Å². The molecule has 0 heterocycles. The number of rotatable bonds is 62. The molecule has 0 saturated carbocycles. The first-order valence-electron chi connectivity index (χ1n) is 33.9. The van der Waals surface area contributed by atoms with E-state index in [4.69, 9.17) is 14.2 Å². The minimum absolute atomic E-state index is 0.101. The van der Waals surface area contributed by atoms with Crippen molar-refractivity contribution in [2.24, 2.45) is 0 Å². The van der Waals surface area contributed by atoms with Crippen LogP contribution in [0.2, 0.25) is 0 Å². The van der Waals surface area contributed by atoms with E-state index in [1.807, 2.05) is 6.08 Å². The van der Waals surface area contributed by atoms with E-state index in [-0.39, 0.29) is 31.6 Å². The van der Waals surface area contributed by atoms with Crippen LogP contribution in [0.4, 0.5) is 0 Å². The zero-order valence-electron chi connectivity index (χ0n) is 51.9. The first-order valence-corrected chi connectivity index (χ1v) is 33.9. The Kier molecular flexibility index (Phi) is 63.7. The van der Waals surface area contributed by atoms with Gasteiger partial charge in [-0.25, -0.2) is 0 Å². The van der Waals surface area contributed by atoms with Gasteiger partial charge in [0.25, 0.3) is 0 Å². The lowest BCUT2D eigenvalue weighted by molar-refractivity contribution is -0.166. The van der Waals surface area contributed by atoms with E-state index in [0.717, 1.165) is 70.6 Å². The fourth-order valence-electron chi connectivity index (χ4n) is 9.93. The van der Waals surface area contributed by atoms with Crippen LogP contribution in [0.25, 0.3) is 0 Å². The van der Waals surface area contributed by atoms with E-state index in [2.05, 4.69) is 81.5 Å². The monoisotopic (exact) mass is 1090 g/mol. The number of hydrogen-bond donors (Lipinski definition) is 0. The number of esters is 3. The summed E-state index contributed by atoms with van der Waals surface area (Å²) in [7, 11) is 0. The van der Waals surface area contributed by atoms with Gasteiger partial charge in [0.05, 0.1) is 6.42 Å². The van der Waals surface area contributed by atoms with Gasteiger partial charge in [0.15, 0.2) is 6.10 Å². The van der Waals surface area contributed by atoms with Gasteiger partial charge in [0.1, 0.15) is 13.2 Å². The quantitative estimate of drug-likeness (QED) is 0.0261. The molecule has 6 heteroatoms. The Bertz CT molecular complexity index is 1440. The predicted molar refractivity (Wildman–Crippen MR) is 339 cm³/mol. The molecule has 0 bridgehead atoms. The summed E-state index contributed by atoms with van der Waals surface area (Å²) in [6, 6.07) is 0. The summed E-state index contributed by atoms with van der Waals surface area (Å²) in [6.45, 7) is 6.48. The lowest BCUT2D eigenvalue weighted by Crippen LogP contribution is -2.30. The molecule has 0 fully saturated rings. The second-order valence-electron chi connectivity index (χ2n) is 22.7. The summed E-state index contributed by atoms with van der Waals surface area (Å²) in [5.41, 5.74) is 0. The Morgan fingerprint density at radius 2 is 0.538 bits per heavy atom. The second kappa shape index (κ2) is 66.4. The van der Waals surface area contributed by atoms with Crippen LogP contribution in [0, 0.1) is 0 Å². The number of ether oxygens (including phenoxy) is 3. The molecule has 0 N–H and O–H groups in total. The molecule has 0 amide bonds. The molecular formula is C72H128O6. The summed E-state index contributed by atoms with van der Waals surface area (Å²) in [4.78, 5) is 38.2. The number of carbonyl (C=O) groups excluding carboxylic acids is 3. The van der Waals surface area contributed by atoms with Crippen molar-refractivity contribution in [3.8, 4) is 0 Å². The van der Waals surface area contributed by atoms with Crippen molar-refractivity contribution in [1.82, 2.24) is 0 Å². The number of unbranched alkanes of at least 4 members (excludes halogenated alkanes) is 40. The van der Waals surface area contributed by atoms with Crippen LogP contribution in [0.1, 0.15) is 348 Å². The second-order valence-corrected chi connectivity index (χ2v) is 22.7. The zero-order valence-corrected chi connectivity index (χ0v) is 51.9. The Morgan fingerprint density at radius 1 is 0.282 bits per heavy atom. The van der Waals surface area contributed by atoms with Crippen molar-refractivity contribution in [2.45, 2.75) is 354 Å². The van der Waals surface area contributed by atoms with Crippen molar-refractivity contribution >= 4 is 17.9 Å². The Labute approximate surface area is 484 Å². The van der Waals surface area contributed by atoms with Gasteiger partial charge in [-0.1, -0.05) is 331 Å². The molecular weight excluding hydrogens is 961 g/mol. The molecule has 452 valence electrons. The van der Waals surface area contributed by atoms with Crippen LogP contribution in [-0.2, 0) is 28.6 Å². The molecule has 0 radical (unpaired) electrons. The maximum absolute atomic E-state index is 12.8. The van der Waals surface area contributed by atoms with Crippen LogP contribution in [0.5, 0.6) is 0 Å². The summed E-state index contributed by atoms with van der Waals surface area (Å²) in [5, 5.41) is 0. The van der Waals surface area contributed by atoms with Crippen LogP contribution >= 0.6 is 0 Å². The summed E-state index contributed by atoms with van der Waals surface area (Å²) >= 11 is 0. The van der Waals surface area contributed by atoms with Gasteiger partial charge in [0.2, 0.25) is 0 Å². The molecule has 0 aliphatic rings. The highest BCUT2D eigenvalue weighted by Gasteiger charge is 2.19. The van der Waals surface area contributed by atoms with Crippen molar-refractivity contribution in [2.75, 3.05) is 13.2 Å². The van der Waals surface area contributed by atoms with E-state index >= 15 is 0 Å². The first-order chi connectivity index (χ1) is 38.5. The SMILES string of the molecule is CC/C=C\C/C=C\C/C=C\C/C=C\C/C=C\CC(=O)OC(COC(=O)CCCCCCCCCCCCCC)COC(=O)CCCCCCCCCCCCCCCCCCCCCCC/C=C\CCCCCCCCCC. The van der Waals surface area contributed by atoms with Crippen LogP contribution in [-0.4, -0.2) is 37.2 Å². The van der Waals surface area contributed by atoms with E-state index in [9.17, 15) is 14.4 Å². The van der Waals surface area contributed by atoms with Gasteiger partial charge < -0.3 is 14.2 Å². The fourth-order valence-corrected chi connectivity index (χ4v) is 9.93. The maximum atomic E-state index is 12.8. The smallest absolute Gasteiger partial charge is 0.310 e. The number of allylic oxidation sites excluding steroid dienone is 11. The van der Waals surface area contributed by atoms with Gasteiger partial charge >= 0.3 is 17.9 Å². The third-order valence-corrected chi connectivity index (χ3v) is 15.0. The standard InChI is InChI=1S/C72H128O6/c1-4-7-10-13-16-19-22-25-27-28-29-30-31-32-33-34-35-36-37-38-39-40-41-42-43-44-46-47-50-53-56-59-62-65-71(74)77-68-69(67-76-70(73)64-61-58-55-52-49-24-21-18-15-12-9-6-3)78-72(75)66-63-60-57-54-51-48-45-26-23-20-17-14-11-8-5-2/h8,11,17,20,26,28-29,45,51,54,60,63,69H,4-7,9-10,12-16,18-19,21-25,27,30-44,46-50,52-53,55-59,61-62,64-68H2,1-3H3/b11-8-,20-17-,29-28-,45-26-,54-51-,63-60-. The molecule has 0 rings (SSSR count). The molecule has 78 heavy (non-hydrogen) atoms. The predicted octanol–water partition coefficient (Wildman–Crippen LogP) is 23.3. The van der Waals surface area contributed by atoms with E-state index in [1.165, 1.54) is 238 Å². The lowest BCUT2D eigenvalue weighted by atomic mass is 10.0. The van der Waals surface area contributed by atoms with E-state index < -0.39 is 12.1 Å². The number of carbonyl (C=O) groups is 3. The topological polar surface area (TPSA) is 78.9 Å². The highest BCUT2D eigenvalue weighted by atomic mass is 16.6. The Morgan fingerprint density at radius 3 is 0.833 bits per heavy atom. The first kappa shape index (κ1) is 74.8. The summed E-state index contributed by atoms with van der Waals surface area (Å²) < 4.78 is 16.8. The average Bonchev–Trinajstić information content (AvgIpc) is 3.44. The molecule has 0 aromatic carbocycles. The molecule has 0 aromatic rings. The van der Waals surface area contributed by atoms with Gasteiger partial charge in [-0.3, -0.25) is 14.4 Å². The van der Waals surface area contributed by atoms with Crippen molar-refractivity contribution in [3.63, 3.8) is 0 Å². The van der Waals surface area contributed by atoms with E-state index in [0.29, 0.717) is 12.8 Å². The molecule has 1 unspecified atom stereocenters. The van der Waals surface area contributed by atoms with Crippen molar-refractivity contribution in [1.29, 1.82) is 0 Å². The molecule has 0 saturated heterocycles. The summed E-state index contributed by atoms with van der Waals surface area (Å²) in [6.07, 6.45) is 86.9. The maximum Gasteiger partial charge on any atom is 0.310 e. The van der Waals surface area contributed by atoms with Gasteiger partial charge in [-0.15, -0.1) is 0 Å². The third-order valence-electron chi connectivity index (χ3n) is 15.0. The molecule has 1 atom stereocenters. The Balaban J connectivity index is 4.13. The van der Waals surface area contributed by atoms with E-state index in [1.54, 1.807) is 6.08 Å². The summed E-state index contributed by atoms with van der Waals surface area (Å²) in [5.74, 6) is -1.02. The minimum atomic E-state index is -0.827. The van der Waals surface area contributed by atoms with Crippen LogP contribution in [0.15, 0.2) is 72.9 Å². The molecule has 0 aliphatic carbocycles. The van der Waals surface area contributed by atoms with Crippen LogP contribution in [0.3, 0.4) is 0 Å². The highest BCUT2D eigenvalue weighted by Crippen LogP contribution is 2.18. The zero-order chi connectivity index (χ0) is 56.4. The Hall–Kier alpha value is -3.15. The molecule has 0 aromatic heterocycles. The normalized spacial score (nSPS) is 12.5. The van der Waals surface area contributed by atoms with Gasteiger partial charge in [0, 0.05) is 12.8 Å². The fraction of sp³-hybridized carbons (Fsp3) is 0.792. The van der Waals surface area contributed by atoms with Crippen molar-refractivity contribution in [3.05, 3.63) is 72.9 Å². The lowest BCUT2D eigenvalue weighted by Gasteiger charge is -2.18. The molecule has 6 nitrogen and oxygen atoms in total. The highest BCUT2D eigenvalue weighted by molar-refractivity contribution is 5.72.